The first-order valence-electron chi connectivity index (χ1n) is 6.26. The van der Waals surface area contributed by atoms with Crippen molar-refractivity contribution in [3.05, 3.63) is 44.9 Å². The van der Waals surface area contributed by atoms with Gasteiger partial charge < -0.3 is 4.74 Å². The molecule has 1 aromatic carbocycles. The van der Waals surface area contributed by atoms with Gasteiger partial charge in [-0.2, -0.15) is 0 Å². The number of carbonyl (C=O) groups excluding carboxylic acids is 1. The minimum Gasteiger partial charge on any atom is -0.461 e. The monoisotopic (exact) mass is 376 g/mol. The summed E-state index contributed by atoms with van der Waals surface area (Å²) in [5.41, 5.74) is 0.803. The van der Waals surface area contributed by atoms with Crippen LogP contribution in [0.1, 0.15) is 19.4 Å². The predicted octanol–water partition coefficient (Wildman–Crippen LogP) is 5.08. The lowest BCUT2D eigenvalue weighted by Crippen LogP contribution is -2.10. The van der Waals surface area contributed by atoms with Gasteiger partial charge in [-0.25, -0.2) is 0 Å². The number of hydrogen-bond donors (Lipinski definition) is 0. The van der Waals surface area contributed by atoms with E-state index in [-0.39, 0.29) is 34.3 Å². The molecule has 0 saturated heterocycles. The largest absolute Gasteiger partial charge is 0.461 e. The molecule has 2 unspecified atom stereocenters. The fraction of sp³-hybridized carbons (Fsp3) is 0.400. The minimum atomic E-state index is -0.203. The Hall–Kier alpha value is -0.510. The molecule has 1 fully saturated rings. The Kier molecular flexibility index (Phi) is 4.83. The molecule has 108 valence electrons. The summed E-state index contributed by atoms with van der Waals surface area (Å²) in [6.45, 7) is 4.29. The van der Waals surface area contributed by atoms with Crippen LogP contribution in [0.2, 0.25) is 0 Å². The van der Waals surface area contributed by atoms with Crippen LogP contribution in [0.3, 0.4) is 0 Å². The van der Waals surface area contributed by atoms with Crippen molar-refractivity contribution in [2.24, 2.45) is 17.3 Å². The molecular weight excluding hydrogens is 363 g/mol. The molecule has 0 aliphatic heterocycles. The van der Waals surface area contributed by atoms with Crippen molar-refractivity contribution >= 4 is 45.1 Å². The molecule has 0 N–H and O–H groups in total. The molecule has 20 heavy (non-hydrogen) atoms. The third kappa shape index (κ3) is 3.57. The van der Waals surface area contributed by atoms with Gasteiger partial charge in [-0.05, 0) is 35.1 Å². The van der Waals surface area contributed by atoms with Crippen molar-refractivity contribution in [1.29, 1.82) is 0 Å². The number of esters is 1. The summed E-state index contributed by atoms with van der Waals surface area (Å²) in [5, 5.41) is 0. The highest BCUT2D eigenvalue weighted by Crippen LogP contribution is 2.60. The highest BCUT2D eigenvalue weighted by atomic mass is 79.9. The lowest BCUT2D eigenvalue weighted by atomic mass is 10.1. The maximum absolute atomic E-state index is 12.1. The molecule has 0 radical (unpaired) electrons. The molecule has 0 bridgehead atoms. The molecule has 0 aromatic heterocycles. The Balaban J connectivity index is 1.95. The van der Waals surface area contributed by atoms with E-state index in [1.54, 1.807) is 6.08 Å². The van der Waals surface area contributed by atoms with Crippen molar-refractivity contribution in [3.63, 3.8) is 0 Å². The van der Waals surface area contributed by atoms with Gasteiger partial charge in [0.1, 0.15) is 11.1 Å². The molecule has 2 atom stereocenters. The lowest BCUT2D eigenvalue weighted by molar-refractivity contribution is -0.147. The van der Waals surface area contributed by atoms with E-state index in [2.05, 4.69) is 15.9 Å². The maximum atomic E-state index is 12.1. The number of benzene rings is 1. The first kappa shape index (κ1) is 15.9. The minimum absolute atomic E-state index is 0.0440. The Labute approximate surface area is 137 Å². The second-order valence-corrected chi connectivity index (χ2v) is 7.44. The SMILES string of the molecule is CC1(C)C(C=C(Cl)Cl)C1C(=O)OCc1cccc(Br)c1. The second-order valence-electron chi connectivity index (χ2n) is 5.52. The number of halogens is 3. The van der Waals surface area contributed by atoms with Crippen LogP contribution in [-0.2, 0) is 16.1 Å². The molecule has 1 aliphatic rings. The van der Waals surface area contributed by atoms with Crippen molar-refractivity contribution in [2.75, 3.05) is 0 Å². The average Bonchev–Trinajstić information content (AvgIpc) is 2.87. The number of ether oxygens (including phenoxy) is 1. The van der Waals surface area contributed by atoms with E-state index in [1.807, 2.05) is 38.1 Å². The number of carbonyl (C=O) groups is 1. The van der Waals surface area contributed by atoms with E-state index in [0.717, 1.165) is 10.0 Å². The molecular formula is C15H15BrCl2O2. The zero-order valence-electron chi connectivity index (χ0n) is 11.2. The summed E-state index contributed by atoms with van der Waals surface area (Å²) in [7, 11) is 0. The smallest absolute Gasteiger partial charge is 0.310 e. The van der Waals surface area contributed by atoms with Gasteiger partial charge >= 0.3 is 5.97 Å². The van der Waals surface area contributed by atoms with Crippen LogP contribution in [0.4, 0.5) is 0 Å². The van der Waals surface area contributed by atoms with Gasteiger partial charge in [0.25, 0.3) is 0 Å². The third-order valence-electron chi connectivity index (χ3n) is 3.74. The fourth-order valence-electron chi connectivity index (χ4n) is 2.45. The quantitative estimate of drug-likeness (QED) is 0.683. The van der Waals surface area contributed by atoms with Gasteiger partial charge in [-0.3, -0.25) is 4.79 Å². The van der Waals surface area contributed by atoms with Crippen LogP contribution in [-0.4, -0.2) is 5.97 Å². The van der Waals surface area contributed by atoms with Gasteiger partial charge in [-0.15, -0.1) is 0 Å². The molecule has 0 spiro atoms. The summed E-state index contributed by atoms with van der Waals surface area (Å²) >= 11 is 14.7. The average molecular weight is 378 g/mol. The van der Waals surface area contributed by atoms with E-state index >= 15 is 0 Å². The zero-order valence-corrected chi connectivity index (χ0v) is 14.3. The van der Waals surface area contributed by atoms with Crippen LogP contribution in [0.15, 0.2) is 39.3 Å². The molecule has 0 heterocycles. The van der Waals surface area contributed by atoms with Crippen LogP contribution in [0.5, 0.6) is 0 Å². The summed E-state index contributed by atoms with van der Waals surface area (Å²) in [4.78, 5) is 12.1. The topological polar surface area (TPSA) is 26.3 Å². The van der Waals surface area contributed by atoms with Crippen molar-refractivity contribution < 1.29 is 9.53 Å². The van der Waals surface area contributed by atoms with E-state index < -0.39 is 0 Å². The molecule has 2 nitrogen and oxygen atoms in total. The third-order valence-corrected chi connectivity index (χ3v) is 4.49. The number of rotatable bonds is 4. The highest BCUT2D eigenvalue weighted by molar-refractivity contribution is 9.10. The Morgan fingerprint density at radius 3 is 2.75 bits per heavy atom. The molecule has 1 aliphatic carbocycles. The van der Waals surface area contributed by atoms with Crippen LogP contribution in [0, 0.1) is 17.3 Å². The van der Waals surface area contributed by atoms with Gasteiger partial charge in [0.05, 0.1) is 5.92 Å². The van der Waals surface area contributed by atoms with E-state index in [0.29, 0.717) is 0 Å². The molecule has 2 rings (SSSR count). The zero-order chi connectivity index (χ0) is 14.9. The summed E-state index contributed by atoms with van der Waals surface area (Å²) in [6.07, 6.45) is 1.72. The predicted molar refractivity (Wildman–Crippen MR) is 84.5 cm³/mol. The normalized spacial score (nSPS) is 23.1. The summed E-state index contributed by atoms with van der Waals surface area (Å²) in [5.74, 6) is -0.338. The van der Waals surface area contributed by atoms with Crippen molar-refractivity contribution in [3.8, 4) is 0 Å². The van der Waals surface area contributed by atoms with Crippen LogP contribution < -0.4 is 0 Å². The molecule has 1 aromatic rings. The summed E-state index contributed by atoms with van der Waals surface area (Å²) in [6, 6.07) is 7.69. The molecule has 0 amide bonds. The van der Waals surface area contributed by atoms with E-state index in [4.69, 9.17) is 27.9 Å². The molecule has 5 heteroatoms. The van der Waals surface area contributed by atoms with Gasteiger partial charge in [0, 0.05) is 4.47 Å². The standard InChI is InChI=1S/C15H15BrCl2O2/c1-15(2)11(7-12(17)18)13(15)14(19)20-8-9-4-3-5-10(16)6-9/h3-7,11,13H,8H2,1-2H3. The summed E-state index contributed by atoms with van der Waals surface area (Å²) < 4.78 is 6.54. The van der Waals surface area contributed by atoms with E-state index in [9.17, 15) is 4.79 Å². The number of allylic oxidation sites excluding steroid dienone is 1. The van der Waals surface area contributed by atoms with Gasteiger partial charge in [0.2, 0.25) is 0 Å². The first-order valence-corrected chi connectivity index (χ1v) is 7.81. The lowest BCUT2D eigenvalue weighted by Gasteiger charge is -2.06. The first-order chi connectivity index (χ1) is 9.32. The van der Waals surface area contributed by atoms with E-state index in [1.165, 1.54) is 0 Å². The fourth-order valence-corrected chi connectivity index (χ4v) is 3.16. The highest BCUT2D eigenvalue weighted by Gasteiger charge is 2.61. The Morgan fingerprint density at radius 2 is 2.15 bits per heavy atom. The van der Waals surface area contributed by atoms with Gasteiger partial charge in [-0.1, -0.05) is 65.1 Å². The second kappa shape index (κ2) is 6.08. The van der Waals surface area contributed by atoms with Gasteiger partial charge in [0.15, 0.2) is 0 Å². The van der Waals surface area contributed by atoms with Crippen LogP contribution in [0.25, 0.3) is 0 Å². The Morgan fingerprint density at radius 1 is 1.45 bits per heavy atom. The number of hydrogen-bond acceptors (Lipinski definition) is 2. The Bertz CT molecular complexity index is 551. The van der Waals surface area contributed by atoms with Crippen molar-refractivity contribution in [1.82, 2.24) is 0 Å². The maximum Gasteiger partial charge on any atom is 0.310 e. The van der Waals surface area contributed by atoms with Crippen LogP contribution >= 0.6 is 39.1 Å². The molecule has 1 saturated carbocycles. The van der Waals surface area contributed by atoms with Crippen molar-refractivity contribution in [2.45, 2.75) is 20.5 Å².